The van der Waals surface area contributed by atoms with Crippen LogP contribution in [0.2, 0.25) is 0 Å². The predicted molar refractivity (Wildman–Crippen MR) is 101 cm³/mol. The summed E-state index contributed by atoms with van der Waals surface area (Å²) in [4.78, 5) is 20.7. The van der Waals surface area contributed by atoms with Gasteiger partial charge in [-0.2, -0.15) is 0 Å². The molecule has 2 aliphatic heterocycles. The molecular weight excluding hydrogens is 318 g/mol. The lowest BCUT2D eigenvalue weighted by Gasteiger charge is -2.44. The van der Waals surface area contributed by atoms with Gasteiger partial charge >= 0.3 is 0 Å². The zero-order chi connectivity index (χ0) is 18.3. The number of rotatable bonds is 5. The first-order valence-electron chi connectivity index (χ1n) is 9.42. The van der Waals surface area contributed by atoms with Crippen LogP contribution in [0, 0.1) is 5.92 Å². The lowest BCUT2D eigenvalue weighted by Crippen LogP contribution is -2.58. The first-order chi connectivity index (χ1) is 12.0. The normalized spacial score (nSPS) is 22.1. The van der Waals surface area contributed by atoms with Crippen molar-refractivity contribution in [2.45, 2.75) is 37.6 Å². The zero-order valence-electron chi connectivity index (χ0n) is 16.3. The van der Waals surface area contributed by atoms with Crippen LogP contribution < -0.4 is 10.6 Å². The Bertz CT molecular complexity index is 452. The molecule has 0 atom stereocenters. The quantitative estimate of drug-likeness (QED) is 0.557. The number of nitrogens with zero attached hydrogens (tertiary/aromatic N) is 3. The fourth-order valence-corrected chi connectivity index (χ4v) is 3.82. The number of hydrogen-bond donors (Lipinski definition) is 2. The topological polar surface area (TPSA) is 69.2 Å². The molecule has 7 heteroatoms. The average molecular weight is 354 g/mol. The number of hydrogen-bond acceptors (Lipinski definition) is 4. The van der Waals surface area contributed by atoms with E-state index < -0.39 is 0 Å². The fraction of sp³-hybridized carbons (Fsp3) is 0.889. The van der Waals surface area contributed by atoms with E-state index in [1.165, 1.54) is 0 Å². The van der Waals surface area contributed by atoms with E-state index in [1.54, 1.807) is 7.05 Å². The number of carbonyl (C=O) groups excluding carboxylic acids is 1. The van der Waals surface area contributed by atoms with E-state index in [2.05, 4.69) is 39.5 Å². The molecule has 2 heterocycles. The van der Waals surface area contributed by atoms with Crippen LogP contribution in [0.25, 0.3) is 0 Å². The third-order valence-corrected chi connectivity index (χ3v) is 5.83. The van der Waals surface area contributed by atoms with Gasteiger partial charge in [-0.15, -0.1) is 0 Å². The van der Waals surface area contributed by atoms with Crippen molar-refractivity contribution in [3.8, 4) is 0 Å². The van der Waals surface area contributed by atoms with Crippen molar-refractivity contribution in [2.24, 2.45) is 10.9 Å². The van der Waals surface area contributed by atoms with Crippen molar-refractivity contribution >= 4 is 11.9 Å². The number of likely N-dealkylation sites (tertiary alicyclic amines) is 1. The molecular formula is C18H35N5O2. The zero-order valence-corrected chi connectivity index (χ0v) is 16.3. The molecule has 0 bridgehead atoms. The maximum absolute atomic E-state index is 11.6. The summed E-state index contributed by atoms with van der Waals surface area (Å²) in [6, 6.07) is 0. The third-order valence-electron chi connectivity index (χ3n) is 5.83. The van der Waals surface area contributed by atoms with Crippen LogP contribution in [0.1, 0.15) is 32.1 Å². The number of aliphatic imine (C=N–C) groups is 1. The number of carbonyl (C=O) groups is 1. The maximum Gasteiger partial charge on any atom is 0.220 e. The Morgan fingerprint density at radius 3 is 2.44 bits per heavy atom. The number of ether oxygens (including phenoxy) is 1. The summed E-state index contributed by atoms with van der Waals surface area (Å²) < 4.78 is 5.55. The summed E-state index contributed by atoms with van der Waals surface area (Å²) >= 11 is 0. The highest BCUT2D eigenvalue weighted by atomic mass is 16.5. The molecule has 0 aromatic rings. The van der Waals surface area contributed by atoms with Gasteiger partial charge in [-0.25, -0.2) is 0 Å². The summed E-state index contributed by atoms with van der Waals surface area (Å²) in [7, 11) is 7.87. The van der Waals surface area contributed by atoms with E-state index >= 15 is 0 Å². The van der Waals surface area contributed by atoms with Gasteiger partial charge in [-0.05, 0) is 45.7 Å². The van der Waals surface area contributed by atoms with Crippen LogP contribution in [0.3, 0.4) is 0 Å². The van der Waals surface area contributed by atoms with Gasteiger partial charge in [0.2, 0.25) is 5.91 Å². The van der Waals surface area contributed by atoms with Crippen LogP contribution >= 0.6 is 0 Å². The van der Waals surface area contributed by atoms with E-state index in [0.717, 1.165) is 64.5 Å². The van der Waals surface area contributed by atoms with Gasteiger partial charge in [0.05, 0.1) is 0 Å². The van der Waals surface area contributed by atoms with E-state index in [-0.39, 0.29) is 11.4 Å². The summed E-state index contributed by atoms with van der Waals surface area (Å²) in [5.41, 5.74) is 0.131. The minimum atomic E-state index is 0.131. The summed E-state index contributed by atoms with van der Waals surface area (Å²) in [6.45, 7) is 4.44. The molecule has 2 N–H and O–H groups in total. The second-order valence-electron chi connectivity index (χ2n) is 7.44. The lowest BCUT2D eigenvalue weighted by molar-refractivity contribution is -0.121. The number of piperidine rings is 1. The Hall–Kier alpha value is -1.34. The Balaban J connectivity index is 1.85. The molecule has 0 aliphatic carbocycles. The van der Waals surface area contributed by atoms with E-state index in [4.69, 9.17) is 4.74 Å². The van der Waals surface area contributed by atoms with Gasteiger partial charge in [-0.1, -0.05) is 0 Å². The Labute approximate surface area is 152 Å². The molecule has 0 spiro atoms. The Morgan fingerprint density at radius 2 is 1.92 bits per heavy atom. The van der Waals surface area contributed by atoms with Gasteiger partial charge in [0.1, 0.15) is 0 Å². The van der Waals surface area contributed by atoms with Gasteiger partial charge in [0.25, 0.3) is 0 Å². The Kier molecular flexibility index (Phi) is 7.50. The molecule has 0 saturated carbocycles. The molecule has 1 amide bonds. The fourth-order valence-electron chi connectivity index (χ4n) is 3.82. The first-order valence-corrected chi connectivity index (χ1v) is 9.42. The van der Waals surface area contributed by atoms with Gasteiger partial charge in [0, 0.05) is 58.9 Å². The van der Waals surface area contributed by atoms with Gasteiger partial charge in [0.15, 0.2) is 5.96 Å². The van der Waals surface area contributed by atoms with Gasteiger partial charge < -0.3 is 25.2 Å². The summed E-state index contributed by atoms with van der Waals surface area (Å²) in [5, 5.41) is 6.32. The third kappa shape index (κ3) is 5.31. The minimum absolute atomic E-state index is 0.131. The van der Waals surface area contributed by atoms with Crippen LogP contribution in [0.5, 0.6) is 0 Å². The minimum Gasteiger partial charge on any atom is -0.381 e. The van der Waals surface area contributed by atoms with Crippen LogP contribution in [-0.4, -0.2) is 88.2 Å². The van der Waals surface area contributed by atoms with Crippen LogP contribution in [0.15, 0.2) is 4.99 Å². The smallest absolute Gasteiger partial charge is 0.220 e. The van der Waals surface area contributed by atoms with Crippen LogP contribution in [-0.2, 0) is 9.53 Å². The standard InChI is InChI=1S/C18H35N5O2/c1-19-16(24)13-15-5-9-23(10-6-15)17(20-2)21-14-18(22(3)4)7-11-25-12-8-18/h15H,5-14H2,1-4H3,(H,19,24)(H,20,21). The highest BCUT2D eigenvalue weighted by Crippen LogP contribution is 2.25. The van der Waals surface area contributed by atoms with Crippen LogP contribution in [0.4, 0.5) is 0 Å². The maximum atomic E-state index is 11.6. The number of amides is 1. The van der Waals surface area contributed by atoms with Crippen molar-refractivity contribution in [1.29, 1.82) is 0 Å². The first kappa shape index (κ1) is 20.0. The van der Waals surface area contributed by atoms with Crippen molar-refractivity contribution in [1.82, 2.24) is 20.4 Å². The predicted octanol–water partition coefficient (Wildman–Crippen LogP) is 0.521. The SMILES string of the molecule is CN=C(NCC1(N(C)C)CCOCC1)N1CCC(CC(=O)NC)CC1. The second-order valence-corrected chi connectivity index (χ2v) is 7.44. The van der Waals surface area contributed by atoms with E-state index in [1.807, 2.05) is 7.05 Å². The van der Waals surface area contributed by atoms with E-state index in [0.29, 0.717) is 12.3 Å². The molecule has 7 nitrogen and oxygen atoms in total. The highest BCUT2D eigenvalue weighted by Gasteiger charge is 2.35. The molecule has 144 valence electrons. The van der Waals surface area contributed by atoms with Crippen molar-refractivity contribution in [3.63, 3.8) is 0 Å². The second kappa shape index (κ2) is 9.38. The van der Waals surface area contributed by atoms with Crippen molar-refractivity contribution < 1.29 is 9.53 Å². The monoisotopic (exact) mass is 353 g/mol. The van der Waals surface area contributed by atoms with Crippen molar-refractivity contribution in [3.05, 3.63) is 0 Å². The molecule has 0 aromatic carbocycles. The Morgan fingerprint density at radius 1 is 1.28 bits per heavy atom. The number of guanidine groups is 1. The van der Waals surface area contributed by atoms with Gasteiger partial charge in [-0.3, -0.25) is 9.79 Å². The molecule has 0 radical (unpaired) electrons. The average Bonchev–Trinajstić information content (AvgIpc) is 2.64. The molecule has 2 fully saturated rings. The van der Waals surface area contributed by atoms with E-state index in [9.17, 15) is 4.79 Å². The number of likely N-dealkylation sites (N-methyl/N-ethyl adjacent to an activating group) is 1. The molecule has 0 unspecified atom stereocenters. The molecule has 2 rings (SSSR count). The lowest BCUT2D eigenvalue weighted by atomic mass is 9.88. The molecule has 25 heavy (non-hydrogen) atoms. The summed E-state index contributed by atoms with van der Waals surface area (Å²) in [5.74, 6) is 1.61. The summed E-state index contributed by atoms with van der Waals surface area (Å²) in [6.07, 6.45) is 4.80. The number of nitrogens with one attached hydrogen (secondary N) is 2. The molecule has 2 saturated heterocycles. The highest BCUT2D eigenvalue weighted by molar-refractivity contribution is 5.80. The van der Waals surface area contributed by atoms with Crippen molar-refractivity contribution in [2.75, 3.05) is 61.0 Å². The largest absolute Gasteiger partial charge is 0.381 e. The molecule has 2 aliphatic rings. The molecule has 0 aromatic heterocycles.